The van der Waals surface area contributed by atoms with Crippen molar-refractivity contribution >= 4 is 46.2 Å². The molecule has 4 fully saturated rings. The van der Waals surface area contributed by atoms with Gasteiger partial charge in [-0.2, -0.15) is 10.2 Å². The molecule has 11 nitrogen and oxygen atoms in total. The van der Waals surface area contributed by atoms with Gasteiger partial charge in [-0.15, -0.1) is 4.52 Å². The van der Waals surface area contributed by atoms with Gasteiger partial charge < -0.3 is 25.5 Å². The summed E-state index contributed by atoms with van der Waals surface area (Å²) in [4.78, 5) is 17.4. The first-order chi connectivity index (χ1) is 19.5. The lowest BCUT2D eigenvalue weighted by atomic mass is 9.91. The van der Waals surface area contributed by atoms with E-state index >= 15 is 0 Å². The smallest absolute Gasteiger partial charge is 0.275 e. The first-order valence-electron chi connectivity index (χ1n) is 14.1. The van der Waals surface area contributed by atoms with Crippen LogP contribution in [0.5, 0.6) is 0 Å². The second kappa shape index (κ2) is 10.1. The summed E-state index contributed by atoms with van der Waals surface area (Å²) in [7, 11) is 0. The number of nitrogens with zero attached hydrogens (tertiary/aromatic N) is 8. The number of rotatable bonds is 6. The molecule has 2 saturated carbocycles. The Hall–Kier alpha value is -3.64. The number of nitriles is 1. The van der Waals surface area contributed by atoms with Crippen LogP contribution in [0, 0.1) is 23.8 Å². The summed E-state index contributed by atoms with van der Waals surface area (Å²) in [6.07, 6.45) is 8.60. The van der Waals surface area contributed by atoms with Crippen LogP contribution in [0.1, 0.15) is 50.5 Å². The Kier molecular flexibility index (Phi) is 6.38. The molecule has 2 aromatic heterocycles. The average molecular weight is 559 g/mol. The Morgan fingerprint density at radius 2 is 2.00 bits per heavy atom. The molecule has 3 aromatic rings. The molecule has 0 unspecified atom stereocenters. The normalized spacial score (nSPS) is 26.4. The van der Waals surface area contributed by atoms with Crippen LogP contribution >= 0.6 is 11.6 Å². The van der Waals surface area contributed by atoms with Gasteiger partial charge in [-0.25, -0.2) is 4.98 Å². The molecule has 2 aliphatic carbocycles. The maximum absolute atomic E-state index is 10.5. The van der Waals surface area contributed by atoms with Crippen LogP contribution in [0.15, 0.2) is 18.3 Å². The van der Waals surface area contributed by atoms with Crippen LogP contribution in [-0.4, -0.2) is 73.5 Å². The van der Waals surface area contributed by atoms with Gasteiger partial charge in [0.05, 0.1) is 40.3 Å². The third-order valence-corrected chi connectivity index (χ3v) is 9.29. The van der Waals surface area contributed by atoms with Crippen molar-refractivity contribution in [1.29, 1.82) is 5.26 Å². The van der Waals surface area contributed by atoms with Gasteiger partial charge in [-0.05, 0) is 69.5 Å². The lowest BCUT2D eigenvalue weighted by molar-refractivity contribution is 0.0521. The number of fused-ring (bicyclic) bond motifs is 2. The van der Waals surface area contributed by atoms with Crippen molar-refractivity contribution in [3.8, 4) is 6.07 Å². The summed E-state index contributed by atoms with van der Waals surface area (Å²) in [6.45, 7) is 10.2. The molecule has 2 aliphatic heterocycles. The minimum atomic E-state index is -0.207. The number of imidazole rings is 1. The maximum Gasteiger partial charge on any atom is 0.275 e. The van der Waals surface area contributed by atoms with E-state index in [1.165, 1.54) is 10.7 Å². The number of aromatic nitrogens is 4. The molecule has 12 heteroatoms. The zero-order valence-corrected chi connectivity index (χ0v) is 22.8. The van der Waals surface area contributed by atoms with Gasteiger partial charge in [0, 0.05) is 31.2 Å². The fourth-order valence-electron chi connectivity index (χ4n) is 6.79. The highest BCUT2D eigenvalue weighted by molar-refractivity contribution is 6.36. The number of hydrogen-bond donors (Lipinski definition) is 3. The molecule has 2 saturated heterocycles. The molecule has 1 aromatic carbocycles. The molecule has 4 heterocycles. The highest BCUT2D eigenvalue weighted by Gasteiger charge is 2.44. The first-order valence-corrected chi connectivity index (χ1v) is 14.5. The molecule has 4 atom stereocenters. The fraction of sp³-hybridized carbons (Fsp3) is 0.536. The molecule has 40 heavy (non-hydrogen) atoms. The van der Waals surface area contributed by atoms with Crippen molar-refractivity contribution in [2.24, 2.45) is 5.92 Å². The second-order valence-corrected chi connectivity index (χ2v) is 11.8. The van der Waals surface area contributed by atoms with Gasteiger partial charge in [-0.3, -0.25) is 4.90 Å². The van der Waals surface area contributed by atoms with Gasteiger partial charge in [-0.1, -0.05) is 23.3 Å². The number of piperidine rings is 1. The molecule has 0 bridgehead atoms. The fourth-order valence-corrected chi connectivity index (χ4v) is 7.07. The number of aliphatic hydroxyl groups is 1. The summed E-state index contributed by atoms with van der Waals surface area (Å²) < 4.78 is 1.48. The lowest BCUT2D eigenvalue weighted by Crippen LogP contribution is -2.50. The minimum absolute atomic E-state index is 0.207. The second-order valence-electron chi connectivity index (χ2n) is 11.4. The number of likely N-dealkylation sites (tertiary alicyclic amines) is 1. The van der Waals surface area contributed by atoms with Crippen LogP contribution < -0.4 is 15.5 Å². The highest BCUT2D eigenvalue weighted by atomic mass is 35.5. The molecule has 206 valence electrons. The molecule has 0 radical (unpaired) electrons. The summed E-state index contributed by atoms with van der Waals surface area (Å²) in [5, 5.41) is 32.0. The summed E-state index contributed by atoms with van der Waals surface area (Å²) >= 11 is 7.01. The van der Waals surface area contributed by atoms with Crippen molar-refractivity contribution in [2.75, 3.05) is 35.2 Å². The average Bonchev–Trinajstić information content (AvgIpc) is 3.31. The number of benzene rings is 1. The number of anilines is 4. The predicted molar refractivity (Wildman–Crippen MR) is 152 cm³/mol. The Balaban J connectivity index is 1.17. The molecular formula is C28H31ClN10O. The molecule has 7 rings (SSSR count). The van der Waals surface area contributed by atoms with E-state index in [1.807, 2.05) is 6.07 Å². The van der Waals surface area contributed by atoms with Crippen LogP contribution in [0.3, 0.4) is 0 Å². The summed E-state index contributed by atoms with van der Waals surface area (Å²) in [5.41, 5.74) is 2.36. The van der Waals surface area contributed by atoms with E-state index < -0.39 is 0 Å². The third kappa shape index (κ3) is 4.48. The largest absolute Gasteiger partial charge is 0.391 e. The van der Waals surface area contributed by atoms with E-state index in [0.717, 1.165) is 70.3 Å². The van der Waals surface area contributed by atoms with Gasteiger partial charge in [0.15, 0.2) is 5.82 Å². The van der Waals surface area contributed by atoms with Gasteiger partial charge >= 0.3 is 0 Å². The van der Waals surface area contributed by atoms with E-state index in [0.29, 0.717) is 51.8 Å². The van der Waals surface area contributed by atoms with Crippen LogP contribution in [0.25, 0.3) is 10.5 Å². The van der Waals surface area contributed by atoms with Gasteiger partial charge in [0.1, 0.15) is 0 Å². The van der Waals surface area contributed by atoms with E-state index in [-0.39, 0.29) is 17.9 Å². The van der Waals surface area contributed by atoms with E-state index in [9.17, 15) is 10.4 Å². The molecule has 3 N–H and O–H groups in total. The topological polar surface area (TPSA) is 122 Å². The quantitative estimate of drug-likeness (QED) is 0.379. The van der Waals surface area contributed by atoms with Crippen molar-refractivity contribution in [2.45, 2.75) is 69.2 Å². The van der Waals surface area contributed by atoms with Crippen molar-refractivity contribution in [1.82, 2.24) is 24.5 Å². The molecule has 4 aliphatic rings. The van der Waals surface area contributed by atoms with Crippen molar-refractivity contribution in [3.63, 3.8) is 0 Å². The van der Waals surface area contributed by atoms with Crippen molar-refractivity contribution in [3.05, 3.63) is 40.3 Å². The third-order valence-electron chi connectivity index (χ3n) is 8.89. The summed E-state index contributed by atoms with van der Waals surface area (Å²) in [5.74, 6) is 1.61. The Labute approximate surface area is 237 Å². The van der Waals surface area contributed by atoms with Gasteiger partial charge in [0.2, 0.25) is 0 Å². The Bertz CT molecular complexity index is 1540. The van der Waals surface area contributed by atoms with Crippen LogP contribution in [-0.2, 0) is 0 Å². The highest BCUT2D eigenvalue weighted by Crippen LogP contribution is 2.42. The van der Waals surface area contributed by atoms with E-state index in [1.54, 1.807) is 6.07 Å². The van der Waals surface area contributed by atoms with E-state index in [2.05, 4.69) is 46.4 Å². The minimum Gasteiger partial charge on any atom is -0.391 e. The monoisotopic (exact) mass is 558 g/mol. The summed E-state index contributed by atoms with van der Waals surface area (Å²) in [6, 6.07) is 6.95. The Morgan fingerprint density at radius 3 is 2.75 bits per heavy atom. The van der Waals surface area contributed by atoms with Crippen molar-refractivity contribution < 1.29 is 5.11 Å². The lowest BCUT2D eigenvalue weighted by Gasteiger charge is -2.42. The Morgan fingerprint density at radius 1 is 1.12 bits per heavy atom. The maximum atomic E-state index is 10.5. The van der Waals surface area contributed by atoms with Crippen LogP contribution in [0.2, 0.25) is 5.02 Å². The molecule has 0 amide bonds. The standard InChI is InChI=1S/C28H31ClN10O/c1-31-24-14-32-27-26(33-18-5-6-18)35-28(36-39(24)27)34-19-11-16(13-30)12-22(25(19)29)37-9-8-20-17(15-37)7-10-38(20)21-3-2-4-23(21)40/h11-12,14,17-18,20-21,23,40H,2-10,15H2,(H2,33,34,35,36)/t17-,20+,21-,23-/m0/s1. The SMILES string of the molecule is [C-]#[N+]c1cnc2c(NC3CC3)nc(Nc3cc(C#N)cc(N4CC[C@@H]5[C@@H](CCN5[C@H]5CCC[C@@H]5O)C4)c3Cl)nn12. The zero-order chi connectivity index (χ0) is 27.4. The first kappa shape index (κ1) is 25.3. The molecule has 0 spiro atoms. The van der Waals surface area contributed by atoms with Crippen LogP contribution in [0.4, 0.5) is 29.0 Å². The number of hydrogen-bond acceptors (Lipinski definition) is 9. The number of nitrogens with one attached hydrogen (secondary N) is 2. The number of aliphatic hydroxyl groups excluding tert-OH is 1. The number of halogens is 1. The predicted octanol–water partition coefficient (Wildman–Crippen LogP) is 4.33. The van der Waals surface area contributed by atoms with Gasteiger partial charge in [0.25, 0.3) is 17.4 Å². The molecular weight excluding hydrogens is 528 g/mol. The van der Waals surface area contributed by atoms with E-state index in [4.69, 9.17) is 18.2 Å². The zero-order valence-electron chi connectivity index (χ0n) is 22.1.